The Labute approximate surface area is 223 Å². The Morgan fingerprint density at radius 2 is 1.92 bits per heavy atom. The lowest BCUT2D eigenvalue weighted by atomic mass is 9.95. The van der Waals surface area contributed by atoms with Gasteiger partial charge >= 0.3 is 0 Å². The first kappa shape index (κ1) is 24.4. The van der Waals surface area contributed by atoms with Gasteiger partial charge in [0.05, 0.1) is 23.2 Å². The van der Waals surface area contributed by atoms with Gasteiger partial charge in [0.15, 0.2) is 5.16 Å². The summed E-state index contributed by atoms with van der Waals surface area (Å²) in [5.74, 6) is 0.873. The Balaban J connectivity index is 1.46. The van der Waals surface area contributed by atoms with E-state index in [0.29, 0.717) is 27.6 Å². The summed E-state index contributed by atoms with van der Waals surface area (Å²) >= 11 is 1.27. The van der Waals surface area contributed by atoms with Crippen molar-refractivity contribution in [3.63, 3.8) is 0 Å². The number of rotatable bonds is 6. The van der Waals surface area contributed by atoms with Crippen molar-refractivity contribution in [1.29, 1.82) is 0 Å². The number of nitrogens with one attached hydrogen (secondary N) is 1. The topological polar surface area (TPSA) is 108 Å². The van der Waals surface area contributed by atoms with Crippen LogP contribution in [0.1, 0.15) is 32.1 Å². The van der Waals surface area contributed by atoms with E-state index >= 15 is 0 Å². The molecule has 0 atom stereocenters. The van der Waals surface area contributed by atoms with Gasteiger partial charge in [0.1, 0.15) is 16.8 Å². The first-order valence-electron chi connectivity index (χ1n) is 12.9. The molecule has 1 amide bonds. The van der Waals surface area contributed by atoms with Crippen LogP contribution in [0.3, 0.4) is 0 Å². The van der Waals surface area contributed by atoms with E-state index in [0.717, 1.165) is 47.9 Å². The molecule has 8 nitrogen and oxygen atoms in total. The van der Waals surface area contributed by atoms with E-state index in [1.165, 1.54) is 18.2 Å². The predicted octanol–water partition coefficient (Wildman–Crippen LogP) is 5.26. The fourth-order valence-electron chi connectivity index (χ4n) is 5.31. The minimum absolute atomic E-state index is 0.0434. The van der Waals surface area contributed by atoms with E-state index in [2.05, 4.69) is 5.32 Å². The van der Waals surface area contributed by atoms with Gasteiger partial charge in [-0.05, 0) is 67.4 Å². The summed E-state index contributed by atoms with van der Waals surface area (Å²) in [4.78, 5) is 31.9. The molecule has 38 heavy (non-hydrogen) atoms. The third-order valence-electron chi connectivity index (χ3n) is 7.24. The SMILES string of the molecule is Cn1c2ccc(-c3ccco3)cc2c2nc(SCC(=O)NC3CCCCC3)n(-c3ccc(N)cc3)c(=O)c21. The molecule has 194 valence electrons. The number of carbonyl (C=O) groups is 1. The highest BCUT2D eigenvalue weighted by Gasteiger charge is 2.22. The smallest absolute Gasteiger partial charge is 0.283 e. The lowest BCUT2D eigenvalue weighted by molar-refractivity contribution is -0.119. The number of amides is 1. The van der Waals surface area contributed by atoms with Crippen molar-refractivity contribution < 1.29 is 9.21 Å². The molecule has 0 aliphatic heterocycles. The Kier molecular flexibility index (Phi) is 6.45. The highest BCUT2D eigenvalue weighted by Crippen LogP contribution is 2.32. The second kappa shape index (κ2) is 10.1. The number of hydrogen-bond acceptors (Lipinski definition) is 6. The van der Waals surface area contributed by atoms with Crippen LogP contribution in [0.4, 0.5) is 5.69 Å². The minimum atomic E-state index is -0.201. The summed E-state index contributed by atoms with van der Waals surface area (Å²) in [5, 5.41) is 4.47. The summed E-state index contributed by atoms with van der Waals surface area (Å²) in [6, 6.07) is 17.0. The fraction of sp³-hybridized carbons (Fsp3) is 0.276. The average Bonchev–Trinajstić information content (AvgIpc) is 3.56. The maximum absolute atomic E-state index is 14.0. The van der Waals surface area contributed by atoms with Crippen LogP contribution >= 0.6 is 11.8 Å². The van der Waals surface area contributed by atoms with Crippen LogP contribution in [0.5, 0.6) is 0 Å². The number of anilines is 1. The van der Waals surface area contributed by atoms with Crippen molar-refractivity contribution in [3.8, 4) is 17.0 Å². The molecule has 2 aromatic carbocycles. The molecule has 0 bridgehead atoms. The molecule has 1 aliphatic rings. The number of nitrogen functional groups attached to an aromatic ring is 1. The van der Waals surface area contributed by atoms with Gasteiger partial charge in [-0.15, -0.1) is 0 Å². The van der Waals surface area contributed by atoms with Gasteiger partial charge in [-0.3, -0.25) is 14.2 Å². The van der Waals surface area contributed by atoms with Crippen molar-refractivity contribution >= 4 is 45.3 Å². The first-order valence-corrected chi connectivity index (χ1v) is 13.9. The number of fused-ring (bicyclic) bond motifs is 3. The summed E-state index contributed by atoms with van der Waals surface area (Å²) in [6.45, 7) is 0. The summed E-state index contributed by atoms with van der Waals surface area (Å²) in [7, 11) is 1.87. The summed E-state index contributed by atoms with van der Waals surface area (Å²) in [5.41, 5.74) is 9.85. The zero-order valence-corrected chi connectivity index (χ0v) is 22.0. The molecular weight excluding hydrogens is 498 g/mol. The second-order valence-electron chi connectivity index (χ2n) is 9.78. The van der Waals surface area contributed by atoms with Gasteiger partial charge in [-0.2, -0.15) is 0 Å². The number of aryl methyl sites for hydroxylation is 1. The predicted molar refractivity (Wildman–Crippen MR) is 152 cm³/mol. The second-order valence-corrected chi connectivity index (χ2v) is 10.7. The zero-order chi connectivity index (χ0) is 26.2. The summed E-state index contributed by atoms with van der Waals surface area (Å²) < 4.78 is 9.05. The number of furan rings is 1. The largest absolute Gasteiger partial charge is 0.464 e. The van der Waals surface area contributed by atoms with Crippen LogP contribution in [0.15, 0.2) is 75.2 Å². The number of thioether (sulfide) groups is 1. The van der Waals surface area contributed by atoms with Crippen LogP contribution < -0.4 is 16.6 Å². The molecular formula is C29H29N5O3S. The number of nitrogens with zero attached hydrogens (tertiary/aromatic N) is 3. The molecule has 0 unspecified atom stereocenters. The Hall–Kier alpha value is -3.98. The molecule has 5 aromatic rings. The van der Waals surface area contributed by atoms with E-state index in [-0.39, 0.29) is 23.3 Å². The molecule has 0 saturated heterocycles. The van der Waals surface area contributed by atoms with Gasteiger partial charge in [-0.25, -0.2) is 4.98 Å². The third-order valence-corrected chi connectivity index (χ3v) is 8.18. The fourth-order valence-corrected chi connectivity index (χ4v) is 6.13. The van der Waals surface area contributed by atoms with E-state index in [1.54, 1.807) is 35.1 Å². The number of benzene rings is 2. The quantitative estimate of drug-likeness (QED) is 0.177. The number of carbonyl (C=O) groups excluding carboxylic acids is 1. The van der Waals surface area contributed by atoms with E-state index < -0.39 is 0 Å². The Morgan fingerprint density at radius 3 is 2.66 bits per heavy atom. The van der Waals surface area contributed by atoms with Crippen molar-refractivity contribution in [2.75, 3.05) is 11.5 Å². The van der Waals surface area contributed by atoms with Gasteiger partial charge in [0.25, 0.3) is 5.56 Å². The van der Waals surface area contributed by atoms with Crippen LogP contribution in [-0.4, -0.2) is 31.8 Å². The van der Waals surface area contributed by atoms with Gasteiger partial charge < -0.3 is 20.0 Å². The van der Waals surface area contributed by atoms with Gasteiger partial charge in [0.2, 0.25) is 5.91 Å². The molecule has 3 heterocycles. The molecule has 9 heteroatoms. The average molecular weight is 528 g/mol. The Bertz CT molecular complexity index is 1680. The minimum Gasteiger partial charge on any atom is -0.464 e. The monoisotopic (exact) mass is 527 g/mol. The molecule has 1 saturated carbocycles. The van der Waals surface area contributed by atoms with E-state index in [1.807, 2.05) is 41.9 Å². The van der Waals surface area contributed by atoms with Crippen molar-refractivity contribution in [1.82, 2.24) is 19.4 Å². The molecule has 0 radical (unpaired) electrons. The van der Waals surface area contributed by atoms with Crippen LogP contribution in [0.25, 0.3) is 38.9 Å². The molecule has 3 aromatic heterocycles. The van der Waals surface area contributed by atoms with E-state index in [4.69, 9.17) is 15.1 Å². The van der Waals surface area contributed by atoms with Crippen LogP contribution in [0.2, 0.25) is 0 Å². The maximum atomic E-state index is 14.0. The number of nitrogens with two attached hydrogens (primary N) is 1. The third kappa shape index (κ3) is 4.47. The van der Waals surface area contributed by atoms with Crippen LogP contribution in [-0.2, 0) is 11.8 Å². The first-order chi connectivity index (χ1) is 18.5. The van der Waals surface area contributed by atoms with E-state index in [9.17, 15) is 9.59 Å². The van der Waals surface area contributed by atoms with Crippen LogP contribution in [0, 0.1) is 0 Å². The van der Waals surface area contributed by atoms with Gasteiger partial charge in [0, 0.05) is 29.7 Å². The zero-order valence-electron chi connectivity index (χ0n) is 21.1. The molecule has 3 N–H and O–H groups in total. The molecule has 1 aliphatic carbocycles. The van der Waals surface area contributed by atoms with Gasteiger partial charge in [-0.1, -0.05) is 31.0 Å². The lowest BCUT2D eigenvalue weighted by Crippen LogP contribution is -2.37. The Morgan fingerprint density at radius 1 is 1.13 bits per heavy atom. The molecule has 0 spiro atoms. The highest BCUT2D eigenvalue weighted by atomic mass is 32.2. The normalized spacial score (nSPS) is 14.3. The highest BCUT2D eigenvalue weighted by molar-refractivity contribution is 7.99. The molecule has 1 fully saturated rings. The standard InChI is InChI=1S/C29H29N5O3S/c1-33-23-14-9-18(24-8-5-15-37-24)16-22(23)26-27(33)28(36)34(21-12-10-19(30)11-13-21)29(32-26)38-17-25(35)31-20-6-3-2-4-7-20/h5,8-16,20H,2-4,6-7,17,30H2,1H3,(H,31,35). The van der Waals surface area contributed by atoms with Crippen molar-refractivity contribution in [3.05, 3.63) is 71.2 Å². The number of hydrogen-bond donors (Lipinski definition) is 2. The van der Waals surface area contributed by atoms with Crippen molar-refractivity contribution in [2.45, 2.75) is 43.3 Å². The van der Waals surface area contributed by atoms with Crippen molar-refractivity contribution in [2.24, 2.45) is 7.05 Å². The summed E-state index contributed by atoms with van der Waals surface area (Å²) in [6.07, 6.45) is 7.20. The molecule has 6 rings (SSSR count). The number of aromatic nitrogens is 3. The lowest BCUT2D eigenvalue weighted by Gasteiger charge is -2.22. The maximum Gasteiger partial charge on any atom is 0.283 e.